The molecule has 55 valence electrons. The van der Waals surface area contributed by atoms with Crippen molar-refractivity contribution in [3.8, 4) is 0 Å². The van der Waals surface area contributed by atoms with Gasteiger partial charge in [-0.1, -0.05) is 13.8 Å². The van der Waals surface area contributed by atoms with E-state index in [0.717, 1.165) is 0 Å². The van der Waals surface area contributed by atoms with Crippen LogP contribution in [0.2, 0.25) is 0 Å². The van der Waals surface area contributed by atoms with Crippen LogP contribution in [-0.2, 0) is 14.3 Å². The Morgan fingerprint density at radius 2 is 2.00 bits per heavy atom. The van der Waals surface area contributed by atoms with Gasteiger partial charge in [-0.05, 0) is 5.92 Å². The molecule has 0 heterocycles. The Balaban J connectivity index is 3.90. The smallest absolute Gasteiger partial charge is 0.267 e. The molecule has 0 aromatic heterocycles. The van der Waals surface area contributed by atoms with Crippen molar-refractivity contribution in [1.29, 1.82) is 0 Å². The molecule has 0 saturated heterocycles. The summed E-state index contributed by atoms with van der Waals surface area (Å²) in [5.74, 6) is 0.132. The maximum atomic E-state index is 10.5. The molecular formula is C5H11O3S. The first kappa shape index (κ1) is 8.91. The first-order chi connectivity index (χ1) is 3.98. The molecule has 0 N–H and O–H groups in total. The molecule has 0 unspecified atom stereocenters. The van der Waals surface area contributed by atoms with Crippen molar-refractivity contribution in [2.45, 2.75) is 13.8 Å². The lowest BCUT2D eigenvalue weighted by Crippen LogP contribution is -2.11. The minimum atomic E-state index is -3.33. The lowest BCUT2D eigenvalue weighted by Gasteiger charge is -2.01. The fourth-order valence-electron chi connectivity index (χ4n) is 0.456. The van der Waals surface area contributed by atoms with Crippen molar-refractivity contribution in [2.24, 2.45) is 5.92 Å². The van der Waals surface area contributed by atoms with Gasteiger partial charge < -0.3 is 0 Å². The average molecular weight is 151 g/mol. The number of rotatable bonds is 3. The molecule has 0 amide bonds. The fourth-order valence-corrected chi connectivity index (χ4v) is 1.37. The van der Waals surface area contributed by atoms with E-state index in [-0.39, 0.29) is 11.7 Å². The zero-order chi connectivity index (χ0) is 7.49. The minimum absolute atomic E-state index is 0.0382. The van der Waals surface area contributed by atoms with Gasteiger partial charge in [0, 0.05) is 0 Å². The van der Waals surface area contributed by atoms with E-state index in [9.17, 15) is 8.42 Å². The van der Waals surface area contributed by atoms with E-state index in [4.69, 9.17) is 0 Å². The highest BCUT2D eigenvalue weighted by molar-refractivity contribution is 7.86. The van der Waals surface area contributed by atoms with Crippen molar-refractivity contribution in [3.63, 3.8) is 0 Å². The Kier molecular flexibility index (Phi) is 3.14. The highest BCUT2D eigenvalue weighted by atomic mass is 32.2. The third-order valence-corrected chi connectivity index (χ3v) is 2.15. The summed E-state index contributed by atoms with van der Waals surface area (Å²) in [5, 5.41) is 0. The van der Waals surface area contributed by atoms with Gasteiger partial charge in [-0.15, -0.1) is 0 Å². The van der Waals surface area contributed by atoms with Crippen molar-refractivity contribution in [1.82, 2.24) is 0 Å². The molecule has 0 saturated carbocycles. The van der Waals surface area contributed by atoms with E-state index in [1.807, 2.05) is 0 Å². The Morgan fingerprint density at radius 3 is 2.11 bits per heavy atom. The van der Waals surface area contributed by atoms with Gasteiger partial charge in [0.15, 0.2) is 0 Å². The Bertz CT molecular complexity index is 157. The summed E-state index contributed by atoms with van der Waals surface area (Å²) in [4.78, 5) is 0. The summed E-state index contributed by atoms with van der Waals surface area (Å²) >= 11 is 0. The van der Waals surface area contributed by atoms with Gasteiger partial charge in [0.25, 0.3) is 10.1 Å². The van der Waals surface area contributed by atoms with Gasteiger partial charge in [0.1, 0.15) is 0 Å². The van der Waals surface area contributed by atoms with Crippen LogP contribution in [0.4, 0.5) is 0 Å². The number of hydrogen-bond donors (Lipinski definition) is 0. The van der Waals surface area contributed by atoms with Crippen molar-refractivity contribution in [2.75, 3.05) is 5.75 Å². The predicted molar refractivity (Wildman–Crippen MR) is 35.1 cm³/mol. The second kappa shape index (κ2) is 3.17. The summed E-state index contributed by atoms with van der Waals surface area (Å²) in [6.45, 7) is 3.60. The molecule has 4 heteroatoms. The van der Waals surface area contributed by atoms with E-state index in [1.165, 1.54) is 0 Å². The van der Waals surface area contributed by atoms with Gasteiger partial charge in [0.2, 0.25) is 0 Å². The monoisotopic (exact) mass is 151 g/mol. The van der Waals surface area contributed by atoms with Crippen LogP contribution >= 0.6 is 0 Å². The molecule has 0 rings (SSSR count). The van der Waals surface area contributed by atoms with Crippen molar-refractivity contribution < 1.29 is 12.6 Å². The molecular weight excluding hydrogens is 140 g/mol. The Labute approximate surface area is 56.1 Å². The summed E-state index contributed by atoms with van der Waals surface area (Å²) in [5.41, 5.74) is 0. The zero-order valence-corrected chi connectivity index (χ0v) is 6.44. The minimum Gasteiger partial charge on any atom is -0.268 e. The standard InChI is InChI=1S/C5H11O3S/c1-5(2)4-9(6,7)8-3/h5H,3-4H2,1-2H3. The third-order valence-electron chi connectivity index (χ3n) is 0.717. The van der Waals surface area contributed by atoms with E-state index in [1.54, 1.807) is 13.8 Å². The van der Waals surface area contributed by atoms with Crippen molar-refractivity contribution in [3.05, 3.63) is 7.11 Å². The van der Waals surface area contributed by atoms with Gasteiger partial charge in [0.05, 0.1) is 12.9 Å². The molecule has 0 aliphatic carbocycles. The molecule has 1 radical (unpaired) electrons. The van der Waals surface area contributed by atoms with Gasteiger partial charge in [-0.2, -0.15) is 8.42 Å². The maximum absolute atomic E-state index is 10.5. The second-order valence-electron chi connectivity index (χ2n) is 2.24. The molecule has 9 heavy (non-hydrogen) atoms. The molecule has 0 aliphatic rings. The van der Waals surface area contributed by atoms with Crippen LogP contribution in [0.25, 0.3) is 0 Å². The largest absolute Gasteiger partial charge is 0.268 e. The molecule has 0 fully saturated rings. The van der Waals surface area contributed by atoms with Crippen LogP contribution in [0.5, 0.6) is 0 Å². The molecule has 0 atom stereocenters. The first-order valence-corrected chi connectivity index (χ1v) is 4.22. The van der Waals surface area contributed by atoms with Crippen LogP contribution in [-0.4, -0.2) is 14.2 Å². The quantitative estimate of drug-likeness (QED) is 0.560. The zero-order valence-electron chi connectivity index (χ0n) is 5.62. The topological polar surface area (TPSA) is 43.4 Å². The predicted octanol–water partition coefficient (Wildman–Crippen LogP) is 0.780. The van der Waals surface area contributed by atoms with E-state index < -0.39 is 10.1 Å². The van der Waals surface area contributed by atoms with Crippen LogP contribution in [0.1, 0.15) is 13.8 Å². The van der Waals surface area contributed by atoms with Crippen molar-refractivity contribution >= 4 is 10.1 Å². The number of hydrogen-bond acceptors (Lipinski definition) is 3. The normalized spacial score (nSPS) is 12.4. The van der Waals surface area contributed by atoms with E-state index in [0.29, 0.717) is 0 Å². The first-order valence-electron chi connectivity index (χ1n) is 2.64. The molecule has 0 aliphatic heterocycles. The van der Waals surface area contributed by atoms with Crippen LogP contribution < -0.4 is 0 Å². The molecule has 0 bridgehead atoms. The summed E-state index contributed by atoms with van der Waals surface area (Å²) in [6, 6.07) is 0. The molecule has 0 aromatic carbocycles. The van der Waals surface area contributed by atoms with Crippen LogP contribution in [0.15, 0.2) is 0 Å². The molecule has 0 spiro atoms. The summed E-state index contributed by atoms with van der Waals surface area (Å²) in [6.07, 6.45) is 0. The summed E-state index contributed by atoms with van der Waals surface area (Å²) < 4.78 is 25.0. The summed E-state index contributed by atoms with van der Waals surface area (Å²) in [7, 11) is -0.507. The SMILES string of the molecule is [CH2]OS(=O)(=O)CC(C)C. The highest BCUT2D eigenvalue weighted by Gasteiger charge is 2.10. The fraction of sp³-hybridized carbons (Fsp3) is 0.800. The second-order valence-corrected chi connectivity index (χ2v) is 3.92. The lowest BCUT2D eigenvalue weighted by molar-refractivity contribution is 0.431. The van der Waals surface area contributed by atoms with E-state index in [2.05, 4.69) is 11.3 Å². The van der Waals surface area contributed by atoms with Gasteiger partial charge in [-0.25, -0.2) is 0 Å². The Hall–Kier alpha value is -0.0900. The maximum Gasteiger partial charge on any atom is 0.267 e. The van der Waals surface area contributed by atoms with E-state index >= 15 is 0 Å². The average Bonchev–Trinajstić information content (AvgIpc) is 1.63. The highest BCUT2D eigenvalue weighted by Crippen LogP contribution is 2.00. The molecule has 0 aromatic rings. The lowest BCUT2D eigenvalue weighted by atomic mass is 10.3. The Morgan fingerprint density at radius 1 is 1.56 bits per heavy atom. The van der Waals surface area contributed by atoms with Gasteiger partial charge in [-0.3, -0.25) is 4.18 Å². The van der Waals surface area contributed by atoms with Crippen LogP contribution in [0.3, 0.4) is 0 Å². The molecule has 3 nitrogen and oxygen atoms in total. The van der Waals surface area contributed by atoms with Crippen LogP contribution in [0, 0.1) is 13.0 Å². The van der Waals surface area contributed by atoms with Gasteiger partial charge >= 0.3 is 0 Å². The third kappa shape index (κ3) is 4.42.